The molecular formula is C10H16N4. The summed E-state index contributed by atoms with van der Waals surface area (Å²) in [6, 6.07) is 2.09. The summed E-state index contributed by atoms with van der Waals surface area (Å²) in [5.74, 6) is 3.62. The minimum Gasteiger partial charge on any atom is -0.355 e. The van der Waals surface area contributed by atoms with Crippen molar-refractivity contribution in [2.45, 2.75) is 0 Å². The second-order valence-corrected chi connectivity index (χ2v) is 4.48. The third-order valence-electron chi connectivity index (χ3n) is 3.67. The fourth-order valence-corrected chi connectivity index (χ4v) is 2.76. The highest BCUT2D eigenvalue weighted by Crippen LogP contribution is 2.51. The zero-order chi connectivity index (χ0) is 9.71. The number of aromatic nitrogens is 2. The molecule has 4 nitrogen and oxygen atoms in total. The van der Waals surface area contributed by atoms with Gasteiger partial charge >= 0.3 is 0 Å². The van der Waals surface area contributed by atoms with Gasteiger partial charge < -0.3 is 10.6 Å². The summed E-state index contributed by atoms with van der Waals surface area (Å²) in [6.07, 6.45) is 2.00. The van der Waals surface area contributed by atoms with Crippen LogP contribution >= 0.6 is 0 Å². The van der Waals surface area contributed by atoms with E-state index in [0.29, 0.717) is 0 Å². The molecule has 2 heterocycles. The van der Waals surface area contributed by atoms with Crippen LogP contribution in [0.3, 0.4) is 0 Å². The summed E-state index contributed by atoms with van der Waals surface area (Å²) in [5.41, 5.74) is 5.67. The van der Waals surface area contributed by atoms with Crippen LogP contribution in [0.15, 0.2) is 12.3 Å². The first-order valence-electron chi connectivity index (χ1n) is 5.24. The molecule has 2 atom stereocenters. The van der Waals surface area contributed by atoms with Crippen molar-refractivity contribution >= 4 is 5.82 Å². The maximum atomic E-state index is 5.67. The van der Waals surface area contributed by atoms with Crippen LogP contribution in [0.25, 0.3) is 0 Å². The SMILES string of the molecule is Cn1ccc(N2CC3C(CN)C3C2)n1. The smallest absolute Gasteiger partial charge is 0.150 e. The van der Waals surface area contributed by atoms with Crippen LogP contribution in [0.1, 0.15) is 0 Å². The molecule has 1 aromatic rings. The Bertz CT molecular complexity index is 334. The van der Waals surface area contributed by atoms with Gasteiger partial charge in [0.1, 0.15) is 0 Å². The van der Waals surface area contributed by atoms with Crippen LogP contribution in [0.5, 0.6) is 0 Å². The maximum absolute atomic E-state index is 5.67. The zero-order valence-corrected chi connectivity index (χ0v) is 8.43. The van der Waals surface area contributed by atoms with Gasteiger partial charge in [-0.05, 0) is 24.3 Å². The molecule has 0 radical (unpaired) electrons. The molecule has 2 N–H and O–H groups in total. The Morgan fingerprint density at radius 1 is 1.50 bits per heavy atom. The Hall–Kier alpha value is -1.03. The number of nitrogens with two attached hydrogens (primary N) is 1. The molecule has 2 aliphatic rings. The molecule has 0 amide bonds. The zero-order valence-electron chi connectivity index (χ0n) is 8.43. The molecule has 2 fully saturated rings. The highest BCUT2D eigenvalue weighted by atomic mass is 15.3. The van der Waals surface area contributed by atoms with Crippen LogP contribution in [0, 0.1) is 17.8 Å². The lowest BCUT2D eigenvalue weighted by Crippen LogP contribution is -2.26. The highest BCUT2D eigenvalue weighted by Gasteiger charge is 2.54. The molecule has 2 unspecified atom stereocenters. The molecular weight excluding hydrogens is 176 g/mol. The topological polar surface area (TPSA) is 47.1 Å². The third kappa shape index (κ3) is 1.07. The summed E-state index contributed by atoms with van der Waals surface area (Å²) in [4.78, 5) is 2.38. The molecule has 4 heteroatoms. The number of hydrogen-bond donors (Lipinski definition) is 1. The third-order valence-corrected chi connectivity index (χ3v) is 3.67. The lowest BCUT2D eigenvalue weighted by molar-refractivity contribution is 0.638. The van der Waals surface area contributed by atoms with Crippen molar-refractivity contribution in [1.29, 1.82) is 0 Å². The average molecular weight is 192 g/mol. The number of nitrogens with zero attached hydrogens (tertiary/aromatic N) is 3. The van der Waals surface area contributed by atoms with Gasteiger partial charge in [0.05, 0.1) is 0 Å². The second kappa shape index (κ2) is 2.73. The van der Waals surface area contributed by atoms with E-state index in [9.17, 15) is 0 Å². The van der Waals surface area contributed by atoms with Gasteiger partial charge in [0.2, 0.25) is 0 Å². The lowest BCUT2D eigenvalue weighted by Gasteiger charge is -2.18. The van der Waals surface area contributed by atoms with Crippen molar-refractivity contribution in [3.05, 3.63) is 12.3 Å². The number of piperidine rings is 1. The monoisotopic (exact) mass is 192 g/mol. The van der Waals surface area contributed by atoms with Crippen molar-refractivity contribution in [2.75, 3.05) is 24.5 Å². The molecule has 0 aromatic carbocycles. The first-order chi connectivity index (χ1) is 6.79. The Balaban J connectivity index is 1.69. The van der Waals surface area contributed by atoms with E-state index >= 15 is 0 Å². The van der Waals surface area contributed by atoms with Crippen molar-refractivity contribution in [2.24, 2.45) is 30.5 Å². The summed E-state index contributed by atoms with van der Waals surface area (Å²) in [6.45, 7) is 3.18. The Labute approximate surface area is 83.7 Å². The molecule has 1 aliphatic carbocycles. The van der Waals surface area contributed by atoms with Crippen LogP contribution in [0.4, 0.5) is 5.82 Å². The van der Waals surface area contributed by atoms with Crippen LogP contribution in [-0.2, 0) is 7.05 Å². The summed E-state index contributed by atoms with van der Waals surface area (Å²) in [7, 11) is 1.96. The molecule has 1 saturated carbocycles. The quantitative estimate of drug-likeness (QED) is 0.721. The summed E-state index contributed by atoms with van der Waals surface area (Å²) < 4.78 is 1.86. The Morgan fingerprint density at radius 2 is 2.21 bits per heavy atom. The largest absolute Gasteiger partial charge is 0.355 e. The highest BCUT2D eigenvalue weighted by molar-refractivity contribution is 5.41. The summed E-state index contributed by atoms with van der Waals surface area (Å²) >= 11 is 0. The maximum Gasteiger partial charge on any atom is 0.150 e. The molecule has 0 bridgehead atoms. The minimum atomic E-state index is 0.801. The standard InChI is InChI=1S/C10H16N4/c1-13-3-2-10(12-13)14-5-8-7(4-11)9(8)6-14/h2-3,7-9H,4-6,11H2,1H3. The first-order valence-corrected chi connectivity index (χ1v) is 5.24. The average Bonchev–Trinajstić information content (AvgIpc) is 2.56. The number of rotatable bonds is 2. The summed E-state index contributed by atoms with van der Waals surface area (Å²) in [5, 5.41) is 4.41. The van der Waals surface area contributed by atoms with Crippen molar-refractivity contribution in [3.63, 3.8) is 0 Å². The van der Waals surface area contributed by atoms with Crippen LogP contribution < -0.4 is 10.6 Å². The van der Waals surface area contributed by atoms with Crippen molar-refractivity contribution in [3.8, 4) is 0 Å². The van der Waals surface area contributed by atoms with Gasteiger partial charge in [0.25, 0.3) is 0 Å². The molecule has 76 valence electrons. The van der Waals surface area contributed by atoms with E-state index in [2.05, 4.69) is 16.1 Å². The van der Waals surface area contributed by atoms with Gasteiger partial charge in [-0.1, -0.05) is 0 Å². The van der Waals surface area contributed by atoms with Gasteiger partial charge in [-0.15, -0.1) is 0 Å². The van der Waals surface area contributed by atoms with Gasteiger partial charge in [0, 0.05) is 32.4 Å². The molecule has 14 heavy (non-hydrogen) atoms. The van der Waals surface area contributed by atoms with E-state index in [4.69, 9.17) is 5.73 Å². The van der Waals surface area contributed by atoms with E-state index in [-0.39, 0.29) is 0 Å². The second-order valence-electron chi connectivity index (χ2n) is 4.48. The van der Waals surface area contributed by atoms with Gasteiger partial charge in [0.15, 0.2) is 5.82 Å². The molecule has 1 aliphatic heterocycles. The fourth-order valence-electron chi connectivity index (χ4n) is 2.76. The van der Waals surface area contributed by atoms with Gasteiger partial charge in [-0.25, -0.2) is 0 Å². The van der Waals surface area contributed by atoms with E-state index in [1.54, 1.807) is 0 Å². The van der Waals surface area contributed by atoms with E-state index in [0.717, 1.165) is 43.2 Å². The molecule has 1 aromatic heterocycles. The van der Waals surface area contributed by atoms with Crippen molar-refractivity contribution < 1.29 is 0 Å². The number of fused-ring (bicyclic) bond motifs is 1. The van der Waals surface area contributed by atoms with Crippen LogP contribution in [-0.4, -0.2) is 29.4 Å². The first kappa shape index (κ1) is 8.29. The number of hydrogen-bond acceptors (Lipinski definition) is 3. The predicted molar refractivity (Wildman–Crippen MR) is 54.9 cm³/mol. The molecule has 3 rings (SSSR count). The fraction of sp³-hybridized carbons (Fsp3) is 0.700. The van der Waals surface area contributed by atoms with E-state index in [1.165, 1.54) is 0 Å². The van der Waals surface area contributed by atoms with Gasteiger partial charge in [-0.2, -0.15) is 5.10 Å². The minimum absolute atomic E-state index is 0.801. The van der Waals surface area contributed by atoms with Gasteiger partial charge in [-0.3, -0.25) is 4.68 Å². The van der Waals surface area contributed by atoms with Crippen LogP contribution in [0.2, 0.25) is 0 Å². The Morgan fingerprint density at radius 3 is 2.71 bits per heavy atom. The predicted octanol–water partition coefficient (Wildman–Crippen LogP) is 0.0610. The normalized spacial score (nSPS) is 34.7. The number of aryl methyl sites for hydroxylation is 1. The van der Waals surface area contributed by atoms with E-state index < -0.39 is 0 Å². The number of anilines is 1. The molecule has 0 spiro atoms. The van der Waals surface area contributed by atoms with E-state index in [1.807, 2.05) is 17.9 Å². The lowest BCUT2D eigenvalue weighted by atomic mass is 10.2. The molecule has 1 saturated heterocycles. The Kier molecular flexibility index (Phi) is 1.62. The van der Waals surface area contributed by atoms with Crippen molar-refractivity contribution in [1.82, 2.24) is 9.78 Å².